The summed E-state index contributed by atoms with van der Waals surface area (Å²) in [7, 11) is 0. The summed E-state index contributed by atoms with van der Waals surface area (Å²) < 4.78 is 0.609. The molecular weight excluding hydrogens is 154 g/mol. The van der Waals surface area contributed by atoms with Crippen LogP contribution in [-0.2, 0) is 0 Å². The highest BCUT2D eigenvalue weighted by Crippen LogP contribution is 2.04. The molecule has 0 radical (unpaired) electrons. The van der Waals surface area contributed by atoms with Crippen molar-refractivity contribution in [1.29, 1.82) is 0 Å². The van der Waals surface area contributed by atoms with Gasteiger partial charge in [-0.2, -0.15) is 0 Å². The minimum atomic E-state index is -1.30. The van der Waals surface area contributed by atoms with Crippen molar-refractivity contribution in [2.45, 2.75) is 0 Å². The predicted octanol–water partition coefficient (Wildman–Crippen LogP) is 0.317. The predicted molar refractivity (Wildman–Crippen MR) is 32.3 cm³/mol. The van der Waals surface area contributed by atoms with E-state index in [2.05, 4.69) is 4.98 Å². The van der Waals surface area contributed by atoms with E-state index in [1.807, 2.05) is 0 Å². The maximum Gasteiger partial charge on any atom is 0.418 e. The number of carboxylic acid groups (broad SMARTS) is 1. The van der Waals surface area contributed by atoms with Gasteiger partial charge >= 0.3 is 11.9 Å². The van der Waals surface area contributed by atoms with Gasteiger partial charge in [-0.1, -0.05) is 0 Å². The van der Waals surface area contributed by atoms with E-state index in [0.717, 1.165) is 12.5 Å². The summed E-state index contributed by atoms with van der Waals surface area (Å²) in [6, 6.07) is 0. The van der Waals surface area contributed by atoms with Gasteiger partial charge in [0.05, 0.1) is 0 Å². The van der Waals surface area contributed by atoms with Crippen LogP contribution in [-0.4, -0.2) is 25.7 Å². The Morgan fingerprint density at radius 2 is 2.45 bits per heavy atom. The molecule has 0 saturated heterocycles. The normalized spacial score (nSPS) is 9.45. The van der Waals surface area contributed by atoms with E-state index in [-0.39, 0.29) is 0 Å². The van der Waals surface area contributed by atoms with E-state index in [4.69, 9.17) is 5.11 Å². The van der Waals surface area contributed by atoms with Gasteiger partial charge in [0.2, 0.25) is 6.33 Å². The SMILES string of the molecule is O=C(O)n1cnc([N+](=O)[O-])c1. The molecule has 1 aromatic rings. The second kappa shape index (κ2) is 2.37. The zero-order chi connectivity index (χ0) is 8.43. The Balaban J connectivity index is 2.99. The van der Waals surface area contributed by atoms with E-state index in [1.54, 1.807) is 0 Å². The van der Waals surface area contributed by atoms with E-state index < -0.39 is 16.8 Å². The first-order valence-corrected chi connectivity index (χ1v) is 2.53. The van der Waals surface area contributed by atoms with Crippen LogP contribution in [0.4, 0.5) is 10.6 Å². The zero-order valence-electron chi connectivity index (χ0n) is 5.17. The third-order valence-corrected chi connectivity index (χ3v) is 0.977. The van der Waals surface area contributed by atoms with Crippen molar-refractivity contribution in [3.05, 3.63) is 22.6 Å². The molecule has 0 aromatic carbocycles. The van der Waals surface area contributed by atoms with Crippen molar-refractivity contribution in [1.82, 2.24) is 9.55 Å². The molecule has 0 bridgehead atoms. The van der Waals surface area contributed by atoms with Gasteiger partial charge < -0.3 is 15.2 Å². The molecule has 11 heavy (non-hydrogen) atoms. The summed E-state index contributed by atoms with van der Waals surface area (Å²) in [5, 5.41) is 18.3. The lowest BCUT2D eigenvalue weighted by Gasteiger charge is -1.85. The summed E-state index contributed by atoms with van der Waals surface area (Å²) in [5.74, 6) is -0.479. The molecule has 0 aliphatic rings. The van der Waals surface area contributed by atoms with Gasteiger partial charge in [0.25, 0.3) is 0 Å². The fourth-order valence-electron chi connectivity index (χ4n) is 0.511. The first-order chi connectivity index (χ1) is 5.11. The van der Waals surface area contributed by atoms with Crippen molar-refractivity contribution >= 4 is 11.9 Å². The molecule has 1 N–H and O–H groups in total. The van der Waals surface area contributed by atoms with Crippen LogP contribution in [0.15, 0.2) is 12.5 Å². The molecule has 1 aromatic heterocycles. The van der Waals surface area contributed by atoms with Crippen LogP contribution < -0.4 is 0 Å². The summed E-state index contributed by atoms with van der Waals surface area (Å²) in [4.78, 5) is 22.6. The first-order valence-electron chi connectivity index (χ1n) is 2.53. The van der Waals surface area contributed by atoms with E-state index in [9.17, 15) is 14.9 Å². The van der Waals surface area contributed by atoms with Crippen LogP contribution in [0, 0.1) is 10.1 Å². The van der Waals surface area contributed by atoms with Crippen molar-refractivity contribution in [2.24, 2.45) is 0 Å². The maximum atomic E-state index is 10.1. The molecule has 0 unspecified atom stereocenters. The molecular formula is C4H3N3O4. The minimum Gasteiger partial charge on any atom is -0.464 e. The second-order valence-electron chi connectivity index (χ2n) is 1.68. The number of hydrogen-bond donors (Lipinski definition) is 1. The third kappa shape index (κ3) is 1.31. The standard InChI is InChI=1S/C4H3N3O4/c8-4(9)6-1-3(5-2-6)7(10)11/h1-2H,(H,8,9). The fourth-order valence-corrected chi connectivity index (χ4v) is 0.511. The zero-order valence-corrected chi connectivity index (χ0v) is 5.17. The molecule has 0 saturated carbocycles. The monoisotopic (exact) mass is 157 g/mol. The highest BCUT2D eigenvalue weighted by atomic mass is 16.6. The molecule has 1 rings (SSSR count). The molecule has 58 valence electrons. The largest absolute Gasteiger partial charge is 0.464 e. The number of nitrogens with zero attached hydrogens (tertiary/aromatic N) is 3. The quantitative estimate of drug-likeness (QED) is 0.467. The fraction of sp³-hybridized carbons (Fsp3) is 0. The Bertz CT molecular complexity index is 276. The number of nitro groups is 1. The number of aromatic nitrogens is 2. The molecule has 0 spiro atoms. The molecule has 1 heterocycles. The molecule has 0 fully saturated rings. The van der Waals surface area contributed by atoms with Gasteiger partial charge in [-0.3, -0.25) is 0 Å². The van der Waals surface area contributed by atoms with Gasteiger partial charge in [0, 0.05) is 0 Å². The average molecular weight is 157 g/mol. The highest BCUT2D eigenvalue weighted by molar-refractivity contribution is 5.68. The molecule has 7 heteroatoms. The van der Waals surface area contributed by atoms with E-state index in [0.29, 0.717) is 4.57 Å². The molecule has 0 aliphatic heterocycles. The Morgan fingerprint density at radius 1 is 1.82 bits per heavy atom. The lowest BCUT2D eigenvalue weighted by atomic mass is 10.8. The van der Waals surface area contributed by atoms with Gasteiger partial charge in [-0.05, 0) is 9.91 Å². The molecule has 0 amide bonds. The Hall–Kier alpha value is -1.92. The summed E-state index contributed by atoms with van der Waals surface area (Å²) >= 11 is 0. The highest BCUT2D eigenvalue weighted by Gasteiger charge is 2.12. The Labute approximate surface area is 60.0 Å². The van der Waals surface area contributed by atoms with Gasteiger partial charge in [0.15, 0.2) is 0 Å². The summed E-state index contributed by atoms with van der Waals surface area (Å²) in [6.07, 6.45) is 0.383. The van der Waals surface area contributed by atoms with E-state index in [1.165, 1.54) is 0 Å². The average Bonchev–Trinajstić information content (AvgIpc) is 2.33. The number of carbonyl (C=O) groups is 1. The summed E-state index contributed by atoms with van der Waals surface area (Å²) in [5.41, 5.74) is 0. The Kier molecular flexibility index (Phi) is 1.55. The van der Waals surface area contributed by atoms with Crippen molar-refractivity contribution < 1.29 is 14.8 Å². The molecule has 0 atom stereocenters. The third-order valence-electron chi connectivity index (χ3n) is 0.977. The maximum absolute atomic E-state index is 10.1. The lowest BCUT2D eigenvalue weighted by Crippen LogP contribution is -2.03. The smallest absolute Gasteiger partial charge is 0.418 e. The van der Waals surface area contributed by atoms with Crippen LogP contribution in [0.5, 0.6) is 0 Å². The van der Waals surface area contributed by atoms with Crippen molar-refractivity contribution in [3.63, 3.8) is 0 Å². The number of imidazole rings is 1. The number of hydrogen-bond acceptors (Lipinski definition) is 4. The topological polar surface area (TPSA) is 98.3 Å². The Morgan fingerprint density at radius 3 is 2.73 bits per heavy atom. The molecule has 7 nitrogen and oxygen atoms in total. The lowest BCUT2D eigenvalue weighted by molar-refractivity contribution is -0.389. The van der Waals surface area contributed by atoms with Crippen LogP contribution in [0.2, 0.25) is 0 Å². The van der Waals surface area contributed by atoms with Gasteiger partial charge in [-0.25, -0.2) is 9.36 Å². The first kappa shape index (κ1) is 7.19. The van der Waals surface area contributed by atoms with Crippen molar-refractivity contribution in [3.8, 4) is 0 Å². The summed E-state index contributed by atoms with van der Waals surface area (Å²) in [6.45, 7) is 0. The molecule has 0 aliphatic carbocycles. The van der Waals surface area contributed by atoms with Crippen LogP contribution in [0.1, 0.15) is 0 Å². The van der Waals surface area contributed by atoms with Gasteiger partial charge in [0.1, 0.15) is 6.20 Å². The van der Waals surface area contributed by atoms with Crippen LogP contribution in [0.25, 0.3) is 0 Å². The van der Waals surface area contributed by atoms with Crippen LogP contribution >= 0.6 is 0 Å². The minimum absolute atomic E-state index is 0.479. The van der Waals surface area contributed by atoms with Crippen LogP contribution in [0.3, 0.4) is 0 Å². The number of rotatable bonds is 1. The second-order valence-corrected chi connectivity index (χ2v) is 1.68. The van der Waals surface area contributed by atoms with Gasteiger partial charge in [-0.15, -0.1) is 0 Å². The van der Waals surface area contributed by atoms with E-state index >= 15 is 0 Å². The van der Waals surface area contributed by atoms with Crippen molar-refractivity contribution in [2.75, 3.05) is 0 Å².